The lowest BCUT2D eigenvalue weighted by Gasteiger charge is -2.36. The van der Waals surface area contributed by atoms with Gasteiger partial charge in [0.1, 0.15) is 28.5 Å². The maximum Gasteiger partial charge on any atom is 0.233 e. The van der Waals surface area contributed by atoms with Crippen molar-refractivity contribution in [3.05, 3.63) is 42.1 Å². The lowest BCUT2D eigenvalue weighted by atomic mass is 9.94. The van der Waals surface area contributed by atoms with E-state index in [-0.39, 0.29) is 29.7 Å². The van der Waals surface area contributed by atoms with E-state index in [1.807, 2.05) is 0 Å². The largest absolute Gasteiger partial charge is 0.463 e. The summed E-state index contributed by atoms with van der Waals surface area (Å²) in [7, 11) is -4.15. The minimum atomic E-state index is -4.15. The maximum absolute atomic E-state index is 14.8. The number of anilines is 2. The van der Waals surface area contributed by atoms with Gasteiger partial charge in [-0.25, -0.2) is 32.7 Å². The van der Waals surface area contributed by atoms with Crippen molar-refractivity contribution < 1.29 is 22.7 Å². The molecule has 13 heteroatoms. The summed E-state index contributed by atoms with van der Waals surface area (Å²) in [6.45, 7) is 4.33. The zero-order chi connectivity index (χ0) is 25.4. The van der Waals surface area contributed by atoms with Gasteiger partial charge in [-0.1, -0.05) is 5.92 Å². The molecule has 35 heavy (non-hydrogen) atoms. The van der Waals surface area contributed by atoms with E-state index in [0.29, 0.717) is 11.0 Å². The summed E-state index contributed by atoms with van der Waals surface area (Å²) in [5.41, 5.74) is 4.97. The van der Waals surface area contributed by atoms with Gasteiger partial charge in [0.05, 0.1) is 23.7 Å². The number of rotatable bonds is 5. The van der Waals surface area contributed by atoms with Crippen molar-refractivity contribution in [1.29, 1.82) is 0 Å². The van der Waals surface area contributed by atoms with Gasteiger partial charge in [0, 0.05) is 11.8 Å². The van der Waals surface area contributed by atoms with Crippen LogP contribution < -0.4 is 15.8 Å². The number of nitrogens with two attached hydrogens (primary N) is 1. The molecule has 0 saturated heterocycles. The van der Waals surface area contributed by atoms with Crippen LogP contribution in [0.25, 0.3) is 11.0 Å². The van der Waals surface area contributed by atoms with Crippen LogP contribution in [0.2, 0.25) is 0 Å². The van der Waals surface area contributed by atoms with Gasteiger partial charge in [-0.3, -0.25) is 4.99 Å². The summed E-state index contributed by atoms with van der Waals surface area (Å²) in [4.78, 5) is 18.8. The molecule has 4 heterocycles. The number of aliphatic hydroxyl groups is 1. The van der Waals surface area contributed by atoms with Crippen LogP contribution in [-0.4, -0.2) is 56.6 Å². The highest BCUT2D eigenvalue weighted by molar-refractivity contribution is 7.93. The number of hydrogen-bond donors (Lipinski definition) is 3. The SMILES string of the molecule is CC#CCOc1cnc2c(Nc3cc([C@]4(C)CS(=O)(=O)[C@@](C)(O)C(N)=N4)c(F)cn3)nccc2n1. The van der Waals surface area contributed by atoms with Gasteiger partial charge >= 0.3 is 0 Å². The third-order valence-corrected chi connectivity index (χ3v) is 7.87. The maximum atomic E-state index is 14.8. The van der Waals surface area contributed by atoms with Gasteiger partial charge in [-0.2, -0.15) is 0 Å². The van der Waals surface area contributed by atoms with Gasteiger partial charge in [0.2, 0.25) is 10.8 Å². The third kappa shape index (κ3) is 4.45. The Kier molecular flexibility index (Phi) is 6.04. The third-order valence-electron chi connectivity index (χ3n) is 5.51. The fourth-order valence-corrected chi connectivity index (χ4v) is 5.13. The zero-order valence-electron chi connectivity index (χ0n) is 19.1. The van der Waals surface area contributed by atoms with Crippen LogP contribution in [0.15, 0.2) is 35.7 Å². The van der Waals surface area contributed by atoms with Crippen molar-refractivity contribution in [3.63, 3.8) is 0 Å². The Labute approximate surface area is 200 Å². The zero-order valence-corrected chi connectivity index (χ0v) is 19.9. The highest BCUT2D eigenvalue weighted by Gasteiger charge is 2.51. The van der Waals surface area contributed by atoms with Crippen molar-refractivity contribution in [1.82, 2.24) is 19.9 Å². The molecular weight excluding hydrogens is 477 g/mol. The molecular formula is C22H22FN7O4S. The van der Waals surface area contributed by atoms with E-state index in [4.69, 9.17) is 10.5 Å². The lowest BCUT2D eigenvalue weighted by Crippen LogP contribution is -2.56. The molecule has 0 saturated carbocycles. The van der Waals surface area contributed by atoms with E-state index in [1.54, 1.807) is 13.0 Å². The van der Waals surface area contributed by atoms with E-state index >= 15 is 0 Å². The number of pyridine rings is 2. The Morgan fingerprint density at radius 1 is 1.29 bits per heavy atom. The van der Waals surface area contributed by atoms with Gasteiger partial charge in [-0.15, -0.1) is 5.92 Å². The molecule has 0 aromatic carbocycles. The molecule has 3 aromatic heterocycles. The molecule has 0 unspecified atom stereocenters. The second-order valence-electron chi connectivity index (χ2n) is 8.14. The smallest absolute Gasteiger partial charge is 0.233 e. The quantitative estimate of drug-likeness (QED) is 0.437. The van der Waals surface area contributed by atoms with E-state index < -0.39 is 37.7 Å². The number of ether oxygens (including phenoxy) is 1. The number of sulfone groups is 1. The Hall–Kier alpha value is -3.89. The lowest BCUT2D eigenvalue weighted by molar-refractivity contribution is 0.204. The first kappa shape index (κ1) is 24.2. The molecule has 1 aliphatic rings. The van der Waals surface area contributed by atoms with Crippen molar-refractivity contribution in [2.24, 2.45) is 10.7 Å². The van der Waals surface area contributed by atoms with Crippen LogP contribution in [0.1, 0.15) is 26.3 Å². The number of nitrogens with zero attached hydrogens (tertiary/aromatic N) is 5. The van der Waals surface area contributed by atoms with Crippen molar-refractivity contribution in [3.8, 4) is 17.7 Å². The molecule has 0 spiro atoms. The summed E-state index contributed by atoms with van der Waals surface area (Å²) < 4.78 is 45.5. The van der Waals surface area contributed by atoms with Crippen molar-refractivity contribution >= 4 is 38.3 Å². The molecule has 0 aliphatic carbocycles. The minimum Gasteiger partial charge on any atom is -0.463 e. The predicted molar refractivity (Wildman–Crippen MR) is 127 cm³/mol. The van der Waals surface area contributed by atoms with E-state index in [2.05, 4.69) is 42.1 Å². The Morgan fingerprint density at radius 2 is 2.06 bits per heavy atom. The number of aromatic nitrogens is 4. The second kappa shape index (κ2) is 8.71. The predicted octanol–water partition coefficient (Wildman–Crippen LogP) is 1.41. The van der Waals surface area contributed by atoms with Crippen LogP contribution >= 0.6 is 0 Å². The number of halogens is 1. The normalized spacial score (nSPS) is 23.2. The van der Waals surface area contributed by atoms with Crippen molar-refractivity contribution in [2.45, 2.75) is 31.2 Å². The second-order valence-corrected chi connectivity index (χ2v) is 10.5. The van der Waals surface area contributed by atoms with Gasteiger partial charge in [-0.05, 0) is 32.9 Å². The summed E-state index contributed by atoms with van der Waals surface area (Å²) in [5, 5.41) is 13.2. The highest BCUT2D eigenvalue weighted by Crippen LogP contribution is 2.37. The topological polar surface area (TPSA) is 166 Å². The molecule has 0 amide bonds. The Morgan fingerprint density at radius 3 is 2.77 bits per heavy atom. The first-order valence-electron chi connectivity index (χ1n) is 10.3. The molecule has 11 nitrogen and oxygen atoms in total. The standard InChI is InChI=1S/C22H22FN7O4S/c1-4-5-8-34-17-11-27-18-15(28-17)6-7-25-19(18)29-16-9-13(14(23)10-26-16)21(2)12-35(32,33)22(3,31)20(24)30-21/h6-7,9-11,31H,8,12H2,1-3H3,(H2,24,30)(H,25,26,29)/t21-,22+/m0/s1. The molecule has 3 aromatic rings. The molecule has 0 fully saturated rings. The first-order chi connectivity index (χ1) is 16.5. The first-order valence-corrected chi connectivity index (χ1v) is 12.0. The Balaban J connectivity index is 1.70. The van der Waals surface area contributed by atoms with Gasteiger partial charge in [0.25, 0.3) is 0 Å². The monoisotopic (exact) mass is 499 g/mol. The number of hydrogen-bond acceptors (Lipinski definition) is 11. The molecule has 1 aliphatic heterocycles. The molecule has 4 rings (SSSR count). The number of nitrogens with one attached hydrogen (secondary N) is 1. The van der Waals surface area contributed by atoms with Gasteiger partial charge < -0.3 is 20.9 Å². The number of fused-ring (bicyclic) bond motifs is 1. The molecule has 0 radical (unpaired) electrons. The fraction of sp³-hybridized carbons (Fsp3) is 0.318. The Bertz CT molecular complexity index is 1520. The van der Waals surface area contributed by atoms with Crippen molar-refractivity contribution in [2.75, 3.05) is 17.7 Å². The van der Waals surface area contributed by atoms with Crippen LogP contribution in [-0.2, 0) is 15.4 Å². The van der Waals surface area contributed by atoms with Crippen LogP contribution in [0.3, 0.4) is 0 Å². The summed E-state index contributed by atoms with van der Waals surface area (Å²) in [6, 6.07) is 2.96. The molecule has 182 valence electrons. The van der Waals surface area contributed by atoms with Crippen LogP contribution in [0.4, 0.5) is 16.0 Å². The number of amidine groups is 1. The fourth-order valence-electron chi connectivity index (χ4n) is 3.52. The molecule has 2 atom stereocenters. The van der Waals surface area contributed by atoms with Crippen LogP contribution in [0.5, 0.6) is 5.88 Å². The number of aliphatic imine (C=N–C) groups is 1. The molecule has 4 N–H and O–H groups in total. The van der Waals surface area contributed by atoms with E-state index in [9.17, 15) is 17.9 Å². The minimum absolute atomic E-state index is 0.0731. The van der Waals surface area contributed by atoms with E-state index in [1.165, 1.54) is 25.4 Å². The molecule has 0 bridgehead atoms. The average molecular weight is 500 g/mol. The average Bonchev–Trinajstić information content (AvgIpc) is 2.79. The van der Waals surface area contributed by atoms with E-state index in [0.717, 1.165) is 13.1 Å². The van der Waals surface area contributed by atoms with Gasteiger partial charge in [0.15, 0.2) is 22.3 Å². The summed E-state index contributed by atoms with van der Waals surface area (Å²) >= 11 is 0. The van der Waals surface area contributed by atoms with Crippen LogP contribution in [0, 0.1) is 17.7 Å². The summed E-state index contributed by atoms with van der Waals surface area (Å²) in [6.07, 6.45) is 3.86. The highest BCUT2D eigenvalue weighted by atomic mass is 32.2. The summed E-state index contributed by atoms with van der Waals surface area (Å²) in [5.74, 6) is 4.26.